The maximum Gasteiger partial charge on any atom is 0.412 e. The minimum Gasteiger partial charge on any atom is -0.444 e. The minimum atomic E-state index is -0.691. The quantitative estimate of drug-likeness (QED) is 0.0297. The van der Waals surface area contributed by atoms with Gasteiger partial charge >= 0.3 is 6.09 Å². The van der Waals surface area contributed by atoms with Crippen LogP contribution in [0.2, 0.25) is 0 Å². The third-order valence-electron chi connectivity index (χ3n) is 19.0. The lowest BCUT2D eigenvalue weighted by Crippen LogP contribution is -2.29. The van der Waals surface area contributed by atoms with Gasteiger partial charge in [-0.15, -0.1) is 0 Å². The number of nitrogens with one attached hydrogen (secondary N) is 13. The number of carbonyl (C=O) groups excluding carboxylic acids is 4. The molecular weight excluding hydrogens is 1470 g/mol. The van der Waals surface area contributed by atoms with Gasteiger partial charge in [-0.05, 0) is 171 Å². The van der Waals surface area contributed by atoms with Gasteiger partial charge in [-0.3, -0.25) is 44.0 Å². The smallest absolute Gasteiger partial charge is 0.412 e. The third kappa shape index (κ3) is 23.6. The Bertz CT molecular complexity index is 5550. The standard InChI is InChI=1S/C25H29N5O2.C23H28N6O2.C22H24N6O2.C16H14N4O3/c1-25(2,3)19-6-4-17(5-7-19)23(31)30-22-11-18(14-27-24(22)32)21-12-20(28-15-29-21)10-16-8-9-26-13-16;1-23(2,3)17-7-5-15(6-8-17)21(30)29-19-11-16(13-26-22(19)31)18-12-20(28-14-27-18)25-10-9-24-4;1-23-22-24-10-9-18(27-22)16-13-19(21(30)25-14-16)26-20(29)15-5-7-17(8-6-15)28-11-3-2-4-12-28;21-15-14(6-12(7-17-15)13-8-18-19-9-13)20-16(22)23-10-11-4-2-1-3-5-11/h4-7,11-12,14-16,26H,8-10,13H2,1-3H3,(H,27,32)(H,30,31);5-8,11-14,24H,9-10H2,1-4H3,(H,26,31)(H,29,30)(H,25,27,28);5-10,13-14H,2-4,11-12H2,1H3,(H,25,30)(H,26,29)(H,23,24,27);1-9H,10H2,(H,17,21)(H,18,19)(H,20,22). The summed E-state index contributed by atoms with van der Waals surface area (Å²) in [4.78, 5) is 137. The molecule has 0 aliphatic carbocycles. The monoisotopic (exact) mass is 1570 g/mol. The van der Waals surface area contributed by atoms with Crippen LogP contribution in [0.25, 0.3) is 44.9 Å². The highest BCUT2D eigenvalue weighted by atomic mass is 16.5. The Morgan fingerprint density at radius 1 is 0.517 bits per heavy atom. The van der Waals surface area contributed by atoms with E-state index in [0.29, 0.717) is 69.1 Å². The summed E-state index contributed by atoms with van der Waals surface area (Å²) in [5.41, 5.74) is 11.3. The highest BCUT2D eigenvalue weighted by Gasteiger charge is 2.22. The second kappa shape index (κ2) is 39.5. The number of anilines is 7. The Morgan fingerprint density at radius 3 is 1.53 bits per heavy atom. The van der Waals surface area contributed by atoms with E-state index < -0.39 is 11.7 Å². The van der Waals surface area contributed by atoms with Crippen LogP contribution < -0.4 is 69.7 Å². The van der Waals surface area contributed by atoms with E-state index in [1.54, 1.807) is 130 Å². The first-order chi connectivity index (χ1) is 55.9. The van der Waals surface area contributed by atoms with E-state index in [9.17, 15) is 38.4 Å². The zero-order valence-corrected chi connectivity index (χ0v) is 65.9. The molecule has 30 heteroatoms. The molecule has 0 spiro atoms. The van der Waals surface area contributed by atoms with Gasteiger partial charge in [0.05, 0.1) is 23.3 Å². The van der Waals surface area contributed by atoms with Gasteiger partial charge in [-0.25, -0.2) is 34.7 Å². The maximum absolute atomic E-state index is 12.7. The summed E-state index contributed by atoms with van der Waals surface area (Å²) >= 11 is 0. The average molecular weight is 1570 g/mol. The third-order valence-corrected chi connectivity index (χ3v) is 19.0. The average Bonchev–Trinajstić information content (AvgIpc) is 0.953. The first-order valence-electron chi connectivity index (χ1n) is 38.1. The molecule has 4 aromatic carbocycles. The number of rotatable bonds is 21. The molecule has 0 radical (unpaired) electrons. The number of piperidine rings is 1. The molecule has 14 rings (SSSR count). The molecule has 2 aliphatic rings. The van der Waals surface area contributed by atoms with Crippen LogP contribution in [0.3, 0.4) is 0 Å². The number of pyridine rings is 4. The van der Waals surface area contributed by atoms with Crippen molar-refractivity contribution in [2.75, 3.05) is 90.2 Å². The Kier molecular flexibility index (Phi) is 28.3. The van der Waals surface area contributed by atoms with Crippen molar-refractivity contribution in [3.05, 3.63) is 282 Å². The molecule has 10 heterocycles. The Morgan fingerprint density at radius 2 is 1.03 bits per heavy atom. The number of H-pyrrole nitrogens is 5. The van der Waals surface area contributed by atoms with Crippen LogP contribution >= 0.6 is 0 Å². The zero-order valence-electron chi connectivity index (χ0n) is 65.9. The van der Waals surface area contributed by atoms with Crippen molar-refractivity contribution in [2.45, 2.75) is 91.1 Å². The maximum atomic E-state index is 12.7. The van der Waals surface area contributed by atoms with Crippen molar-refractivity contribution in [1.82, 2.24) is 70.7 Å². The van der Waals surface area contributed by atoms with Crippen molar-refractivity contribution < 1.29 is 23.9 Å². The fraction of sp³-hybridized carbons (Fsp3) is 0.267. The van der Waals surface area contributed by atoms with Crippen LogP contribution in [0.15, 0.2) is 221 Å². The minimum absolute atomic E-state index is 0.00120. The van der Waals surface area contributed by atoms with Crippen molar-refractivity contribution >= 4 is 64.0 Å². The molecule has 2 aliphatic heterocycles. The molecule has 2 saturated heterocycles. The Hall–Kier alpha value is -13.9. The second-order valence-corrected chi connectivity index (χ2v) is 29.6. The van der Waals surface area contributed by atoms with Crippen molar-refractivity contribution in [3.63, 3.8) is 0 Å². The molecule has 4 amide bonds. The molecule has 598 valence electrons. The molecule has 116 heavy (non-hydrogen) atoms. The normalized spacial score (nSPS) is 13.0. The van der Waals surface area contributed by atoms with Crippen LogP contribution in [0.5, 0.6) is 0 Å². The van der Waals surface area contributed by atoms with Gasteiger partial charge in [0.15, 0.2) is 0 Å². The number of nitrogens with zero attached hydrogens (tertiary/aromatic N) is 8. The topological polar surface area (TPSA) is 414 Å². The molecule has 0 saturated carbocycles. The van der Waals surface area contributed by atoms with Crippen molar-refractivity contribution in [3.8, 4) is 44.9 Å². The lowest BCUT2D eigenvalue weighted by atomic mass is 9.86. The number of likely N-dealkylation sites (N-methyl/N-ethyl adjacent to an activating group) is 1. The zero-order chi connectivity index (χ0) is 82.1. The van der Waals surface area contributed by atoms with Gasteiger partial charge in [-0.2, -0.15) is 5.10 Å². The van der Waals surface area contributed by atoms with E-state index in [2.05, 4.69) is 149 Å². The van der Waals surface area contributed by atoms with E-state index in [0.717, 1.165) is 90.3 Å². The van der Waals surface area contributed by atoms with Gasteiger partial charge in [0.1, 0.15) is 47.8 Å². The van der Waals surface area contributed by atoms with Gasteiger partial charge in [0, 0.05) is 132 Å². The fourth-order valence-corrected chi connectivity index (χ4v) is 12.4. The van der Waals surface area contributed by atoms with Gasteiger partial charge in [0.2, 0.25) is 5.95 Å². The predicted octanol–water partition coefficient (Wildman–Crippen LogP) is 12.2. The number of aromatic amines is 5. The van der Waals surface area contributed by atoms with Crippen LogP contribution in [0.4, 0.5) is 45.0 Å². The van der Waals surface area contributed by atoms with E-state index >= 15 is 0 Å². The number of amides is 4. The lowest BCUT2D eigenvalue weighted by molar-refractivity contribution is 0.101. The first kappa shape index (κ1) is 83.1. The molecule has 13 N–H and O–H groups in total. The van der Waals surface area contributed by atoms with Crippen LogP contribution in [-0.4, -0.2) is 137 Å². The van der Waals surface area contributed by atoms with Gasteiger partial charge in [-0.1, -0.05) is 96.1 Å². The largest absolute Gasteiger partial charge is 0.444 e. The SMILES string of the molecule is CC(C)(C)c1ccc(C(=O)Nc2cc(-c3cc(CC4CCNC4)ncn3)c[nH]c2=O)cc1.CNCCNc1cc(-c2c[nH]c(=O)c(NC(=O)c3ccc(C(C)(C)C)cc3)c2)ncn1.CNc1nccc(-c2c[nH]c(=O)c(NC(=O)c3ccc(N4CCCCC4)cc3)c2)n1.O=C(Nc1cc(-c2cn[nH]c2)c[nH]c1=O)OCc1ccccc1. The van der Waals surface area contributed by atoms with Gasteiger partial charge in [0.25, 0.3) is 40.0 Å². The van der Waals surface area contributed by atoms with E-state index in [4.69, 9.17) is 4.74 Å². The molecule has 8 aromatic heterocycles. The predicted molar refractivity (Wildman–Crippen MR) is 452 cm³/mol. The summed E-state index contributed by atoms with van der Waals surface area (Å²) in [7, 11) is 3.61. The highest BCUT2D eigenvalue weighted by molar-refractivity contribution is 6.06. The molecule has 2 fully saturated rings. The van der Waals surface area contributed by atoms with Gasteiger partial charge < -0.3 is 66.8 Å². The summed E-state index contributed by atoms with van der Waals surface area (Å²) in [5, 5.41) is 29.6. The summed E-state index contributed by atoms with van der Waals surface area (Å²) in [6, 6.07) is 43.5. The molecule has 12 aromatic rings. The van der Waals surface area contributed by atoms with E-state index in [1.807, 2.05) is 79.8 Å². The number of ether oxygens (including phenoxy) is 1. The van der Waals surface area contributed by atoms with E-state index in [-0.39, 0.29) is 74.6 Å². The summed E-state index contributed by atoms with van der Waals surface area (Å²) < 4.78 is 5.10. The number of carbonyl (C=O) groups is 4. The number of hydrogen-bond donors (Lipinski definition) is 13. The molecule has 0 bridgehead atoms. The highest BCUT2D eigenvalue weighted by Crippen LogP contribution is 2.28. The number of hydrogen-bond acceptors (Lipinski definition) is 21. The first-order valence-corrected chi connectivity index (χ1v) is 38.1. The summed E-state index contributed by atoms with van der Waals surface area (Å²) in [6.07, 6.45) is 19.2. The van der Waals surface area contributed by atoms with E-state index in [1.165, 1.54) is 25.6 Å². The fourth-order valence-electron chi connectivity index (χ4n) is 12.4. The van der Waals surface area contributed by atoms with Crippen LogP contribution in [0, 0.1) is 5.92 Å². The molecular formula is C86H95N21O9. The van der Waals surface area contributed by atoms with Crippen molar-refractivity contribution in [2.24, 2.45) is 5.92 Å². The summed E-state index contributed by atoms with van der Waals surface area (Å²) in [6.45, 7) is 18.5. The lowest BCUT2D eigenvalue weighted by Gasteiger charge is -2.28. The van der Waals surface area contributed by atoms with Crippen LogP contribution in [0.1, 0.15) is 121 Å². The number of benzene rings is 4. The summed E-state index contributed by atoms with van der Waals surface area (Å²) in [5.74, 6) is 0.716. The Labute approximate surface area is 669 Å². The molecule has 1 unspecified atom stereocenters. The molecule has 1 atom stereocenters. The Balaban J connectivity index is 0.000000153. The van der Waals surface area contributed by atoms with Crippen molar-refractivity contribution in [1.29, 1.82) is 0 Å². The second-order valence-electron chi connectivity index (χ2n) is 29.6. The van der Waals surface area contributed by atoms with Crippen LogP contribution in [-0.2, 0) is 28.6 Å². The molecule has 30 nitrogen and oxygen atoms in total. The number of aromatic nitrogens is 12.